The predicted octanol–water partition coefficient (Wildman–Crippen LogP) is 0.581. The van der Waals surface area contributed by atoms with Crippen LogP contribution >= 0.6 is 23.2 Å². The van der Waals surface area contributed by atoms with E-state index in [0.717, 1.165) is 9.80 Å². The lowest BCUT2D eigenvalue weighted by Crippen LogP contribution is -2.55. The van der Waals surface area contributed by atoms with Gasteiger partial charge in [-0.15, -0.1) is 0 Å². The number of carboxylic acids is 1. The van der Waals surface area contributed by atoms with Crippen LogP contribution in [-0.2, 0) is 28.8 Å². The molecule has 42 heavy (non-hydrogen) atoms. The topological polar surface area (TPSA) is 203 Å². The van der Waals surface area contributed by atoms with E-state index < -0.39 is 73.7 Å². The molecule has 5 N–H and O–H groups in total. The van der Waals surface area contributed by atoms with Crippen molar-refractivity contribution in [1.82, 2.24) is 10.6 Å². The summed E-state index contributed by atoms with van der Waals surface area (Å²) >= 11 is 12.4. The van der Waals surface area contributed by atoms with Gasteiger partial charge < -0.3 is 35.9 Å². The lowest BCUT2D eigenvalue weighted by atomic mass is 10.1. The van der Waals surface area contributed by atoms with Crippen LogP contribution in [0.1, 0.15) is 23.7 Å². The molecule has 0 fully saturated rings. The highest BCUT2D eigenvalue weighted by Gasteiger charge is 2.38. The zero-order valence-electron chi connectivity index (χ0n) is 21.9. The van der Waals surface area contributed by atoms with E-state index in [9.17, 15) is 38.7 Å². The highest BCUT2D eigenvalue weighted by atomic mass is 35.5. The van der Waals surface area contributed by atoms with E-state index in [-0.39, 0.29) is 39.0 Å². The number of anilines is 3. The monoisotopic (exact) mass is 621 g/mol. The largest absolute Gasteiger partial charge is 0.481 e. The first-order valence-corrected chi connectivity index (χ1v) is 13.0. The molecule has 0 aliphatic carbocycles. The van der Waals surface area contributed by atoms with Crippen molar-refractivity contribution in [3.8, 4) is 0 Å². The van der Waals surface area contributed by atoms with E-state index in [1.807, 2.05) is 0 Å². The number of carbonyl (C=O) groups excluding carboxylic acids is 6. The number of carbonyl (C=O) groups is 7. The molecular formula is C26H25Cl2N5O9. The number of hydrogen-bond donors (Lipinski definition) is 5. The fraction of sp³-hybridized carbons (Fsp3) is 0.269. The number of fused-ring (bicyclic) bond motifs is 1. The minimum absolute atomic E-state index is 0.0658. The average molecular weight is 622 g/mol. The third-order valence-corrected chi connectivity index (χ3v) is 6.54. The number of aliphatic carboxylic acids is 1. The van der Waals surface area contributed by atoms with Gasteiger partial charge in [0, 0.05) is 12.5 Å². The lowest BCUT2D eigenvalue weighted by Gasteiger charge is -2.25. The Labute approximate surface area is 248 Å². The number of halogens is 2. The van der Waals surface area contributed by atoms with Gasteiger partial charge >= 0.3 is 5.97 Å². The van der Waals surface area contributed by atoms with Gasteiger partial charge in [-0.3, -0.25) is 33.7 Å². The maximum atomic E-state index is 13.8. The molecule has 2 aromatic rings. The fourth-order valence-electron chi connectivity index (χ4n) is 4.14. The molecule has 0 bridgehead atoms. The van der Waals surface area contributed by atoms with Gasteiger partial charge in [-0.1, -0.05) is 35.3 Å². The summed E-state index contributed by atoms with van der Waals surface area (Å²) in [5.41, 5.74) is 0.179. The normalized spacial score (nSPS) is 15.1. The Morgan fingerprint density at radius 3 is 2.26 bits per heavy atom. The summed E-state index contributed by atoms with van der Waals surface area (Å²) in [6.07, 6.45) is -0.453. The van der Waals surface area contributed by atoms with Crippen LogP contribution in [0.4, 0.5) is 17.1 Å². The molecule has 3 rings (SSSR count). The molecule has 2 atom stereocenters. The Morgan fingerprint density at radius 2 is 1.71 bits per heavy atom. The molecule has 1 aliphatic heterocycles. The summed E-state index contributed by atoms with van der Waals surface area (Å²) in [5, 5.41) is 25.6. The molecule has 0 spiro atoms. The summed E-state index contributed by atoms with van der Waals surface area (Å²) in [6, 6.07) is 5.53. The van der Waals surface area contributed by atoms with E-state index in [1.54, 1.807) is 6.07 Å². The van der Waals surface area contributed by atoms with Gasteiger partial charge in [0.15, 0.2) is 0 Å². The summed E-state index contributed by atoms with van der Waals surface area (Å²) in [5.74, 6) is -5.19. The second kappa shape index (κ2) is 13.9. The first kappa shape index (κ1) is 32.0. The van der Waals surface area contributed by atoms with Gasteiger partial charge in [0.1, 0.15) is 25.5 Å². The van der Waals surface area contributed by atoms with Crippen LogP contribution in [0.2, 0.25) is 10.0 Å². The van der Waals surface area contributed by atoms with Crippen LogP contribution in [0.25, 0.3) is 0 Å². The number of aliphatic hydroxyl groups is 1. The van der Waals surface area contributed by atoms with Crippen LogP contribution in [0, 0.1) is 0 Å². The number of benzene rings is 2. The molecule has 0 aromatic heterocycles. The molecule has 1 aliphatic rings. The van der Waals surface area contributed by atoms with Crippen LogP contribution in [0.3, 0.4) is 0 Å². The molecule has 0 unspecified atom stereocenters. The Morgan fingerprint density at radius 1 is 1.10 bits per heavy atom. The number of carboxylic acid groups (broad SMARTS) is 1. The van der Waals surface area contributed by atoms with Crippen molar-refractivity contribution >= 4 is 82.1 Å². The van der Waals surface area contributed by atoms with Crippen molar-refractivity contribution < 1.29 is 43.8 Å². The SMILES string of the molecule is CC(=O)Nc1c(Cl)cc(C(=O)N[C@H]2CN(C(=O)CO)c3ccccc3N(CC(=O)N[C@H](C=O)CC(=O)O)C2=O)cc1Cl. The van der Waals surface area contributed by atoms with E-state index in [1.165, 1.54) is 37.3 Å². The molecule has 16 heteroatoms. The highest BCUT2D eigenvalue weighted by Crippen LogP contribution is 2.34. The molecule has 14 nitrogen and oxygen atoms in total. The second-order valence-electron chi connectivity index (χ2n) is 9.01. The maximum Gasteiger partial charge on any atom is 0.305 e. The van der Waals surface area contributed by atoms with Crippen LogP contribution < -0.4 is 25.8 Å². The quantitative estimate of drug-likeness (QED) is 0.235. The first-order chi connectivity index (χ1) is 19.9. The van der Waals surface area contributed by atoms with Gasteiger partial charge in [-0.25, -0.2) is 0 Å². The number of nitrogens with zero attached hydrogens (tertiary/aromatic N) is 2. The van der Waals surface area contributed by atoms with Gasteiger partial charge in [0.25, 0.3) is 17.7 Å². The highest BCUT2D eigenvalue weighted by molar-refractivity contribution is 6.40. The number of hydrogen-bond acceptors (Lipinski definition) is 8. The smallest absolute Gasteiger partial charge is 0.305 e. The third-order valence-electron chi connectivity index (χ3n) is 5.95. The van der Waals surface area contributed by atoms with Crippen molar-refractivity contribution in [3.63, 3.8) is 0 Å². The Hall–Kier alpha value is -4.53. The molecule has 222 valence electrons. The molecule has 1 heterocycles. The molecule has 5 amide bonds. The van der Waals surface area contributed by atoms with Crippen molar-refractivity contribution in [2.75, 3.05) is 34.8 Å². The van der Waals surface area contributed by atoms with Crippen LogP contribution in [0.15, 0.2) is 36.4 Å². The molecule has 2 aromatic carbocycles. The molecule has 0 saturated heterocycles. The van der Waals surface area contributed by atoms with Gasteiger partial charge in [-0.2, -0.15) is 0 Å². The Kier molecular flexibility index (Phi) is 10.6. The minimum atomic E-state index is -1.47. The Balaban J connectivity index is 1.98. The van der Waals surface area contributed by atoms with Crippen LogP contribution in [-0.4, -0.2) is 83.8 Å². The fourth-order valence-corrected chi connectivity index (χ4v) is 4.72. The van der Waals surface area contributed by atoms with Crippen molar-refractivity contribution in [2.45, 2.75) is 25.4 Å². The molecule has 0 radical (unpaired) electrons. The van der Waals surface area contributed by atoms with E-state index in [4.69, 9.17) is 28.3 Å². The number of nitrogens with one attached hydrogen (secondary N) is 3. The standard InChI is InChI=1S/C26H25Cl2N5O9/c1-13(36)29-24-16(27)6-14(7-17(24)28)25(41)31-18-9-32(22(38)12-35)19-4-2-3-5-20(19)33(26(18)42)10-21(37)30-15(11-34)8-23(39)40/h2-7,11,15,18,35H,8-10,12H2,1H3,(H,29,36)(H,30,37)(H,31,41)(H,39,40)/t15-,18-/m0/s1. The summed E-state index contributed by atoms with van der Waals surface area (Å²) in [4.78, 5) is 88.2. The third kappa shape index (κ3) is 7.60. The number of para-hydroxylation sites is 2. The predicted molar refractivity (Wildman–Crippen MR) is 151 cm³/mol. The second-order valence-corrected chi connectivity index (χ2v) is 9.82. The number of aldehydes is 1. The summed E-state index contributed by atoms with van der Waals surface area (Å²) in [6.45, 7) is -0.855. The zero-order valence-corrected chi connectivity index (χ0v) is 23.4. The van der Waals surface area contributed by atoms with Crippen LogP contribution in [0.5, 0.6) is 0 Å². The lowest BCUT2D eigenvalue weighted by molar-refractivity contribution is -0.139. The Bertz CT molecular complexity index is 1430. The number of amides is 5. The van der Waals surface area contributed by atoms with Gasteiger partial charge in [0.05, 0.1) is 46.1 Å². The minimum Gasteiger partial charge on any atom is -0.481 e. The van der Waals surface area contributed by atoms with Crippen molar-refractivity contribution in [3.05, 3.63) is 52.0 Å². The van der Waals surface area contributed by atoms with Crippen molar-refractivity contribution in [1.29, 1.82) is 0 Å². The molecule has 0 saturated carbocycles. The maximum absolute atomic E-state index is 13.8. The average Bonchev–Trinajstić information content (AvgIpc) is 3.04. The van der Waals surface area contributed by atoms with Gasteiger partial charge in [-0.05, 0) is 24.3 Å². The first-order valence-electron chi connectivity index (χ1n) is 12.2. The number of aliphatic hydroxyl groups excluding tert-OH is 1. The summed E-state index contributed by atoms with van der Waals surface area (Å²) < 4.78 is 0. The van der Waals surface area contributed by atoms with Gasteiger partial charge in [0.2, 0.25) is 11.8 Å². The molecular weight excluding hydrogens is 597 g/mol. The zero-order chi connectivity index (χ0) is 31.1. The van der Waals surface area contributed by atoms with E-state index >= 15 is 0 Å². The van der Waals surface area contributed by atoms with Crippen molar-refractivity contribution in [2.24, 2.45) is 0 Å². The number of rotatable bonds is 10. The summed E-state index contributed by atoms with van der Waals surface area (Å²) in [7, 11) is 0. The van der Waals surface area contributed by atoms with E-state index in [2.05, 4.69) is 16.0 Å². The van der Waals surface area contributed by atoms with E-state index in [0.29, 0.717) is 0 Å².